The van der Waals surface area contributed by atoms with Crippen molar-refractivity contribution in [3.05, 3.63) is 60.2 Å². The van der Waals surface area contributed by atoms with Crippen LogP contribution in [0.1, 0.15) is 56.3 Å². The summed E-state index contributed by atoms with van der Waals surface area (Å²) < 4.78 is 5.01. The summed E-state index contributed by atoms with van der Waals surface area (Å²) in [6, 6.07) is 16.5. The van der Waals surface area contributed by atoms with E-state index in [2.05, 4.69) is 21.7 Å². The van der Waals surface area contributed by atoms with Crippen molar-refractivity contribution in [1.82, 2.24) is 0 Å². The van der Waals surface area contributed by atoms with Gasteiger partial charge in [-0.15, -0.1) is 0 Å². The van der Waals surface area contributed by atoms with Gasteiger partial charge in [0.2, 0.25) is 0 Å². The van der Waals surface area contributed by atoms with Crippen LogP contribution in [-0.2, 0) is 19.6 Å². The second-order valence-corrected chi connectivity index (χ2v) is 6.49. The molecule has 28 heavy (non-hydrogen) atoms. The average Bonchev–Trinajstić information content (AvgIpc) is 2.72. The van der Waals surface area contributed by atoms with Crippen molar-refractivity contribution in [2.24, 2.45) is 0 Å². The SMILES string of the molecule is CCCCCCC(C)OC(=O)OOOC(=O)c1ccc(-c2ccccc2)cc1. The van der Waals surface area contributed by atoms with Crippen molar-refractivity contribution in [1.29, 1.82) is 0 Å². The molecule has 0 fully saturated rings. The zero-order valence-corrected chi connectivity index (χ0v) is 16.3. The Bertz CT molecular complexity index is 726. The fourth-order valence-corrected chi connectivity index (χ4v) is 2.65. The Labute approximate surface area is 165 Å². The van der Waals surface area contributed by atoms with Gasteiger partial charge in [-0.25, -0.2) is 14.5 Å². The standard InChI is InChI=1S/C22H26O6/c1-3-4-5-7-10-17(2)25-22(24)27-28-26-21(23)20-15-13-19(14-16-20)18-11-8-6-9-12-18/h6,8-9,11-17H,3-5,7,10H2,1-2H3. The molecule has 0 saturated heterocycles. The van der Waals surface area contributed by atoms with E-state index in [-0.39, 0.29) is 11.7 Å². The Morgan fingerprint density at radius 1 is 0.857 bits per heavy atom. The summed E-state index contributed by atoms with van der Waals surface area (Å²) in [6.45, 7) is 3.90. The van der Waals surface area contributed by atoms with Gasteiger partial charge in [-0.05, 0) is 43.0 Å². The summed E-state index contributed by atoms with van der Waals surface area (Å²) in [6.07, 6.45) is 3.76. The topological polar surface area (TPSA) is 71.1 Å². The van der Waals surface area contributed by atoms with E-state index in [0.717, 1.165) is 43.2 Å². The van der Waals surface area contributed by atoms with E-state index in [1.807, 2.05) is 30.3 Å². The Morgan fingerprint density at radius 2 is 1.54 bits per heavy atom. The zero-order chi connectivity index (χ0) is 20.2. The van der Waals surface area contributed by atoms with Crippen LogP contribution in [0.25, 0.3) is 11.1 Å². The van der Waals surface area contributed by atoms with Gasteiger partial charge in [-0.1, -0.05) is 68.7 Å². The van der Waals surface area contributed by atoms with Crippen molar-refractivity contribution < 1.29 is 29.1 Å². The Hall–Kier alpha value is -2.86. The highest BCUT2D eigenvalue weighted by Crippen LogP contribution is 2.19. The second kappa shape index (κ2) is 11.8. The van der Waals surface area contributed by atoms with Gasteiger partial charge < -0.3 is 4.74 Å². The molecule has 2 aromatic rings. The van der Waals surface area contributed by atoms with Crippen LogP contribution in [0.2, 0.25) is 0 Å². The predicted octanol–water partition coefficient (Wildman–Crippen LogP) is 5.87. The maximum Gasteiger partial charge on any atom is 0.543 e. The molecule has 1 atom stereocenters. The Morgan fingerprint density at radius 3 is 2.21 bits per heavy atom. The quantitative estimate of drug-likeness (QED) is 0.220. The van der Waals surface area contributed by atoms with Crippen LogP contribution in [0.5, 0.6) is 0 Å². The average molecular weight is 386 g/mol. The van der Waals surface area contributed by atoms with Crippen LogP contribution in [-0.4, -0.2) is 18.2 Å². The summed E-state index contributed by atoms with van der Waals surface area (Å²) in [4.78, 5) is 32.2. The monoisotopic (exact) mass is 386 g/mol. The summed E-state index contributed by atoms with van der Waals surface area (Å²) in [5.41, 5.74) is 2.26. The van der Waals surface area contributed by atoms with E-state index >= 15 is 0 Å². The number of carbonyl (C=O) groups is 2. The van der Waals surface area contributed by atoms with E-state index in [1.165, 1.54) is 0 Å². The first-order valence-electron chi connectivity index (χ1n) is 9.51. The minimum Gasteiger partial charge on any atom is -0.429 e. The van der Waals surface area contributed by atoms with E-state index in [0.29, 0.717) is 0 Å². The highest BCUT2D eigenvalue weighted by molar-refractivity contribution is 5.89. The van der Waals surface area contributed by atoms with Gasteiger partial charge in [0, 0.05) is 0 Å². The molecule has 0 N–H and O–H groups in total. The molecule has 6 nitrogen and oxygen atoms in total. The number of hydrogen-bond donors (Lipinski definition) is 0. The molecule has 150 valence electrons. The number of benzene rings is 2. The Kier molecular flexibility index (Phi) is 9.01. The largest absolute Gasteiger partial charge is 0.543 e. The van der Waals surface area contributed by atoms with Crippen LogP contribution in [0.3, 0.4) is 0 Å². The molecule has 6 heteroatoms. The fourth-order valence-electron chi connectivity index (χ4n) is 2.65. The number of rotatable bonds is 10. The van der Waals surface area contributed by atoms with Crippen molar-refractivity contribution in [2.45, 2.75) is 52.1 Å². The molecular weight excluding hydrogens is 360 g/mol. The lowest BCUT2D eigenvalue weighted by atomic mass is 10.0. The molecular formula is C22H26O6. The maximum atomic E-state index is 11.9. The van der Waals surface area contributed by atoms with E-state index in [4.69, 9.17) is 4.74 Å². The van der Waals surface area contributed by atoms with Crippen LogP contribution in [0.4, 0.5) is 4.79 Å². The Balaban J connectivity index is 1.70. The molecule has 0 saturated carbocycles. The van der Waals surface area contributed by atoms with Gasteiger partial charge in [0.15, 0.2) is 0 Å². The predicted molar refractivity (Wildman–Crippen MR) is 104 cm³/mol. The first-order valence-corrected chi connectivity index (χ1v) is 9.51. The van der Waals surface area contributed by atoms with Crippen molar-refractivity contribution >= 4 is 12.1 Å². The van der Waals surface area contributed by atoms with Gasteiger partial charge >= 0.3 is 12.1 Å². The first-order chi connectivity index (χ1) is 13.6. The minimum absolute atomic E-state index is 0.265. The smallest absolute Gasteiger partial charge is 0.429 e. The third kappa shape index (κ3) is 7.40. The van der Waals surface area contributed by atoms with Crippen molar-refractivity contribution in [3.8, 4) is 11.1 Å². The van der Waals surface area contributed by atoms with Crippen molar-refractivity contribution in [3.63, 3.8) is 0 Å². The lowest BCUT2D eigenvalue weighted by Gasteiger charge is -2.11. The highest BCUT2D eigenvalue weighted by Gasteiger charge is 2.15. The third-order valence-corrected chi connectivity index (χ3v) is 4.20. The summed E-state index contributed by atoms with van der Waals surface area (Å²) in [7, 11) is 0. The molecule has 0 aliphatic carbocycles. The van der Waals surface area contributed by atoms with Gasteiger partial charge in [0.1, 0.15) is 6.10 Å². The molecule has 0 bridgehead atoms. The van der Waals surface area contributed by atoms with E-state index in [9.17, 15) is 9.59 Å². The van der Waals surface area contributed by atoms with Gasteiger partial charge in [0.25, 0.3) is 0 Å². The summed E-state index contributed by atoms with van der Waals surface area (Å²) >= 11 is 0. The van der Waals surface area contributed by atoms with Crippen LogP contribution < -0.4 is 0 Å². The highest BCUT2D eigenvalue weighted by atomic mass is 17.5. The van der Waals surface area contributed by atoms with Crippen LogP contribution in [0.15, 0.2) is 54.6 Å². The molecule has 0 radical (unpaired) electrons. The minimum atomic E-state index is -1.05. The van der Waals surface area contributed by atoms with E-state index in [1.54, 1.807) is 31.2 Å². The molecule has 0 aliphatic rings. The third-order valence-electron chi connectivity index (χ3n) is 4.20. The van der Waals surface area contributed by atoms with Gasteiger partial charge in [0.05, 0.1) is 10.6 Å². The second-order valence-electron chi connectivity index (χ2n) is 6.49. The number of unbranched alkanes of at least 4 members (excludes halogenated alkanes) is 3. The van der Waals surface area contributed by atoms with E-state index < -0.39 is 12.1 Å². The zero-order valence-electron chi connectivity index (χ0n) is 16.3. The van der Waals surface area contributed by atoms with Gasteiger partial charge in [-0.3, -0.25) is 4.89 Å². The normalized spacial score (nSPS) is 11.5. The van der Waals surface area contributed by atoms with Crippen molar-refractivity contribution in [2.75, 3.05) is 0 Å². The molecule has 0 heterocycles. The molecule has 0 amide bonds. The molecule has 2 rings (SSSR count). The summed E-state index contributed by atoms with van der Waals surface area (Å²) in [5.74, 6) is -0.778. The first kappa shape index (κ1) is 21.4. The summed E-state index contributed by atoms with van der Waals surface area (Å²) in [5, 5.41) is 4.25. The maximum absolute atomic E-state index is 11.9. The number of carbonyl (C=O) groups excluding carboxylic acids is 2. The number of ether oxygens (including phenoxy) is 1. The molecule has 2 aromatic carbocycles. The lowest BCUT2D eigenvalue weighted by molar-refractivity contribution is -0.452. The van der Waals surface area contributed by atoms with Crippen LogP contribution in [0, 0.1) is 0 Å². The molecule has 1 unspecified atom stereocenters. The fraction of sp³-hybridized carbons (Fsp3) is 0.364. The van der Waals surface area contributed by atoms with Crippen LogP contribution >= 0.6 is 0 Å². The molecule has 0 aromatic heterocycles. The molecule has 0 aliphatic heterocycles. The van der Waals surface area contributed by atoms with Gasteiger partial charge in [-0.2, -0.15) is 0 Å². The lowest BCUT2D eigenvalue weighted by Crippen LogP contribution is -2.17. The number of hydrogen-bond acceptors (Lipinski definition) is 6. The molecule has 0 spiro atoms.